The molecular formula is C24H25N5O3S. The van der Waals surface area contributed by atoms with Crippen molar-refractivity contribution in [3.63, 3.8) is 0 Å². The highest BCUT2D eigenvalue weighted by molar-refractivity contribution is 7.99. The van der Waals surface area contributed by atoms with Gasteiger partial charge in [-0.15, -0.1) is 10.2 Å². The molecule has 8 nitrogen and oxygen atoms in total. The minimum Gasteiger partial charge on any atom is -0.497 e. The molecule has 9 heteroatoms. The Morgan fingerprint density at radius 3 is 2.45 bits per heavy atom. The van der Waals surface area contributed by atoms with Crippen LogP contribution in [0.25, 0.3) is 17.1 Å². The maximum absolute atomic E-state index is 5.61. The third-order valence-electron chi connectivity index (χ3n) is 5.42. The molecule has 0 unspecified atom stereocenters. The van der Waals surface area contributed by atoms with Crippen molar-refractivity contribution in [2.45, 2.75) is 43.0 Å². The smallest absolute Gasteiger partial charge is 0.239 e. The van der Waals surface area contributed by atoms with Crippen LogP contribution in [0.3, 0.4) is 0 Å². The number of benzene rings is 2. The first-order chi connectivity index (χ1) is 16.2. The fourth-order valence-electron chi connectivity index (χ4n) is 3.49. The molecule has 1 aliphatic rings. The molecule has 0 amide bonds. The van der Waals surface area contributed by atoms with Gasteiger partial charge in [0.2, 0.25) is 5.89 Å². The van der Waals surface area contributed by atoms with Crippen LogP contribution in [0, 0.1) is 0 Å². The summed E-state index contributed by atoms with van der Waals surface area (Å²) < 4.78 is 18.5. The molecule has 5 rings (SSSR count). The van der Waals surface area contributed by atoms with Crippen LogP contribution in [0.5, 0.6) is 11.5 Å². The summed E-state index contributed by atoms with van der Waals surface area (Å²) in [7, 11) is 1.65. The highest BCUT2D eigenvalue weighted by Crippen LogP contribution is 2.41. The summed E-state index contributed by atoms with van der Waals surface area (Å²) in [6.45, 7) is 4.63. The monoisotopic (exact) mass is 463 g/mol. The first kappa shape index (κ1) is 21.5. The van der Waals surface area contributed by atoms with Crippen LogP contribution >= 0.6 is 11.8 Å². The van der Waals surface area contributed by atoms with Gasteiger partial charge in [-0.2, -0.15) is 4.98 Å². The number of rotatable bonds is 9. The highest BCUT2D eigenvalue weighted by atomic mass is 32.2. The number of hydrogen-bond acceptors (Lipinski definition) is 8. The Kier molecular flexibility index (Phi) is 6.04. The Morgan fingerprint density at radius 2 is 1.79 bits per heavy atom. The van der Waals surface area contributed by atoms with E-state index >= 15 is 0 Å². The number of thioether (sulfide) groups is 1. The molecule has 4 aromatic rings. The van der Waals surface area contributed by atoms with E-state index in [2.05, 4.69) is 20.3 Å². The second kappa shape index (κ2) is 9.27. The van der Waals surface area contributed by atoms with Crippen LogP contribution in [0.2, 0.25) is 0 Å². The summed E-state index contributed by atoms with van der Waals surface area (Å²) in [4.78, 5) is 4.60. The first-order valence-electron chi connectivity index (χ1n) is 11.0. The van der Waals surface area contributed by atoms with Gasteiger partial charge in [-0.25, -0.2) is 0 Å². The summed E-state index contributed by atoms with van der Waals surface area (Å²) in [5, 5.41) is 13.9. The summed E-state index contributed by atoms with van der Waals surface area (Å²) >= 11 is 1.54. The molecule has 0 bridgehead atoms. The van der Waals surface area contributed by atoms with Crippen LogP contribution < -0.4 is 9.47 Å². The molecule has 0 saturated heterocycles. The van der Waals surface area contributed by atoms with Gasteiger partial charge in [0.05, 0.1) is 19.0 Å². The number of hydrogen-bond donors (Lipinski definition) is 0. The molecule has 1 atom stereocenters. The largest absolute Gasteiger partial charge is 0.497 e. The van der Waals surface area contributed by atoms with E-state index in [1.807, 2.05) is 66.9 Å². The van der Waals surface area contributed by atoms with Gasteiger partial charge in [-0.3, -0.25) is 4.57 Å². The number of methoxy groups -OCH3 is 1. The van der Waals surface area contributed by atoms with Gasteiger partial charge in [-0.1, -0.05) is 16.9 Å². The Bertz CT molecular complexity index is 1220. The number of ether oxygens (including phenoxy) is 2. The maximum atomic E-state index is 5.61. The quantitative estimate of drug-likeness (QED) is 0.303. The third kappa shape index (κ3) is 4.59. The van der Waals surface area contributed by atoms with Crippen LogP contribution in [0.1, 0.15) is 49.6 Å². The summed E-state index contributed by atoms with van der Waals surface area (Å²) in [6.07, 6.45) is 2.27. The van der Waals surface area contributed by atoms with Crippen molar-refractivity contribution in [1.82, 2.24) is 24.9 Å². The van der Waals surface area contributed by atoms with E-state index in [4.69, 9.17) is 14.0 Å². The Morgan fingerprint density at radius 1 is 1.06 bits per heavy atom. The second-order valence-electron chi connectivity index (χ2n) is 7.82. The lowest BCUT2D eigenvalue weighted by Gasteiger charge is -2.13. The molecule has 1 fully saturated rings. The van der Waals surface area contributed by atoms with Crippen LogP contribution in [-0.4, -0.2) is 38.6 Å². The fraction of sp³-hybridized carbons (Fsp3) is 0.333. The van der Waals surface area contributed by atoms with E-state index in [9.17, 15) is 0 Å². The lowest BCUT2D eigenvalue weighted by atomic mass is 10.2. The van der Waals surface area contributed by atoms with E-state index in [1.54, 1.807) is 7.11 Å². The minimum atomic E-state index is -0.0700. The molecule has 2 aromatic carbocycles. The van der Waals surface area contributed by atoms with Crippen molar-refractivity contribution in [2.24, 2.45) is 0 Å². The number of aromatic nitrogens is 5. The van der Waals surface area contributed by atoms with Crippen molar-refractivity contribution in [1.29, 1.82) is 0 Å². The average molecular weight is 464 g/mol. The summed E-state index contributed by atoms with van der Waals surface area (Å²) in [6, 6.07) is 15.7. The van der Waals surface area contributed by atoms with Gasteiger partial charge in [0.15, 0.2) is 16.8 Å². The van der Waals surface area contributed by atoms with Crippen molar-refractivity contribution < 1.29 is 14.0 Å². The predicted molar refractivity (Wildman–Crippen MR) is 125 cm³/mol. The molecule has 2 aromatic heterocycles. The van der Waals surface area contributed by atoms with E-state index in [1.165, 1.54) is 11.8 Å². The molecule has 170 valence electrons. The molecule has 0 aliphatic heterocycles. The van der Waals surface area contributed by atoms with E-state index in [0.29, 0.717) is 18.4 Å². The maximum Gasteiger partial charge on any atom is 0.239 e. The highest BCUT2D eigenvalue weighted by Gasteiger charge is 2.30. The lowest BCUT2D eigenvalue weighted by molar-refractivity contribution is 0.340. The molecule has 2 heterocycles. The molecule has 0 radical (unpaired) electrons. The fourth-order valence-corrected chi connectivity index (χ4v) is 4.39. The lowest BCUT2D eigenvalue weighted by Crippen LogP contribution is -2.01. The van der Waals surface area contributed by atoms with Gasteiger partial charge < -0.3 is 14.0 Å². The molecule has 0 spiro atoms. The Labute approximate surface area is 196 Å². The topological polar surface area (TPSA) is 88.1 Å². The van der Waals surface area contributed by atoms with E-state index in [-0.39, 0.29) is 5.25 Å². The normalized spacial score (nSPS) is 14.3. The zero-order chi connectivity index (χ0) is 22.8. The predicted octanol–water partition coefficient (Wildman–Crippen LogP) is 5.46. The van der Waals surface area contributed by atoms with Gasteiger partial charge in [-0.05, 0) is 75.2 Å². The third-order valence-corrected chi connectivity index (χ3v) is 6.45. The molecule has 1 aliphatic carbocycles. The van der Waals surface area contributed by atoms with Gasteiger partial charge in [0.25, 0.3) is 0 Å². The van der Waals surface area contributed by atoms with Crippen molar-refractivity contribution in [3.05, 3.63) is 60.2 Å². The molecular weight excluding hydrogens is 438 g/mol. The summed E-state index contributed by atoms with van der Waals surface area (Å²) in [5.74, 6) is 4.21. The van der Waals surface area contributed by atoms with Crippen LogP contribution in [-0.2, 0) is 0 Å². The summed E-state index contributed by atoms with van der Waals surface area (Å²) in [5.41, 5.74) is 1.87. The van der Waals surface area contributed by atoms with Crippen molar-refractivity contribution >= 4 is 11.8 Å². The Hall–Kier alpha value is -3.33. The van der Waals surface area contributed by atoms with Crippen LogP contribution in [0.4, 0.5) is 0 Å². The number of nitrogens with zero attached hydrogens (tertiary/aromatic N) is 5. The van der Waals surface area contributed by atoms with Gasteiger partial charge in [0.1, 0.15) is 11.5 Å². The Balaban J connectivity index is 1.49. The second-order valence-corrected chi connectivity index (χ2v) is 9.13. The molecule has 0 N–H and O–H groups in total. The minimum absolute atomic E-state index is 0.0700. The SMILES string of the molecule is CCOc1ccc(-n2c(S[C@H](C)c3nc(C4CC4)no3)nnc2-c2ccc(OC)cc2)cc1. The van der Waals surface area contributed by atoms with E-state index < -0.39 is 0 Å². The molecule has 33 heavy (non-hydrogen) atoms. The van der Waals surface area contributed by atoms with E-state index in [0.717, 1.165) is 52.4 Å². The van der Waals surface area contributed by atoms with Crippen molar-refractivity contribution in [3.8, 4) is 28.6 Å². The average Bonchev–Trinajstić information content (AvgIpc) is 3.42. The van der Waals surface area contributed by atoms with Gasteiger partial charge in [0, 0.05) is 17.2 Å². The van der Waals surface area contributed by atoms with Crippen LogP contribution in [0.15, 0.2) is 58.2 Å². The zero-order valence-electron chi connectivity index (χ0n) is 18.8. The molecule has 1 saturated carbocycles. The van der Waals surface area contributed by atoms with Gasteiger partial charge >= 0.3 is 0 Å². The van der Waals surface area contributed by atoms with Crippen molar-refractivity contribution in [2.75, 3.05) is 13.7 Å². The first-order valence-corrected chi connectivity index (χ1v) is 11.9. The standard InChI is InChI=1S/C24H25N5O3S/c1-4-31-20-13-9-18(10-14-20)29-22(17-7-11-19(30-3)12-8-17)26-27-24(29)33-15(2)23-25-21(28-32-23)16-5-6-16/h7-16H,4-6H2,1-3H3/t15-/m1/s1. The zero-order valence-corrected chi connectivity index (χ0v) is 19.6.